The average Bonchev–Trinajstić information content (AvgIpc) is 2.47. The van der Waals surface area contributed by atoms with Gasteiger partial charge in [-0.15, -0.1) is 0 Å². The molecular weight excluding hydrogens is 374 g/mol. The fraction of sp³-hybridized carbons (Fsp3) is 0.556. The number of hydrogen-bond acceptors (Lipinski definition) is 3. The molecule has 0 saturated carbocycles. The Hall–Kier alpha value is -1.56. The molecule has 5 nitrogen and oxygen atoms in total. The number of rotatable bonds is 3. The molecule has 1 saturated heterocycles. The van der Waals surface area contributed by atoms with Crippen LogP contribution in [0.1, 0.15) is 39.2 Å². The smallest absolute Gasteiger partial charge is 0.410 e. The van der Waals surface area contributed by atoms with Gasteiger partial charge in [-0.05, 0) is 57.7 Å². The molecule has 2 rings (SSSR count). The summed E-state index contributed by atoms with van der Waals surface area (Å²) >= 11 is 3.41. The number of ether oxygens (including phenoxy) is 1. The number of carboxylic acids is 1. The van der Waals surface area contributed by atoms with Crippen LogP contribution in [0.25, 0.3) is 0 Å². The molecule has 1 N–H and O–H groups in total. The summed E-state index contributed by atoms with van der Waals surface area (Å²) < 4.78 is 6.48. The number of carbonyl (C=O) groups excluding carboxylic acids is 1. The number of amides is 1. The molecule has 1 aliphatic heterocycles. The van der Waals surface area contributed by atoms with E-state index in [2.05, 4.69) is 15.9 Å². The SMILES string of the molecule is CC(C)(C)OC(=O)N1CCC(C(=O)O)CC1Cc1ccc(Br)cc1. The minimum absolute atomic E-state index is 0.170. The van der Waals surface area contributed by atoms with E-state index in [-0.39, 0.29) is 12.1 Å². The molecule has 1 fully saturated rings. The molecular formula is C18H24BrNO4. The first-order chi connectivity index (χ1) is 11.2. The molecule has 0 radical (unpaired) electrons. The first-order valence-electron chi connectivity index (χ1n) is 8.12. The van der Waals surface area contributed by atoms with Crippen molar-refractivity contribution in [3.63, 3.8) is 0 Å². The number of nitrogens with zero attached hydrogens (tertiary/aromatic N) is 1. The Morgan fingerprint density at radius 1 is 1.29 bits per heavy atom. The van der Waals surface area contributed by atoms with Crippen LogP contribution < -0.4 is 0 Å². The summed E-state index contributed by atoms with van der Waals surface area (Å²) in [5, 5.41) is 9.33. The zero-order valence-electron chi connectivity index (χ0n) is 14.3. The Kier molecular flexibility index (Phi) is 5.91. The van der Waals surface area contributed by atoms with Gasteiger partial charge in [0, 0.05) is 17.1 Å². The molecule has 1 amide bonds. The molecule has 0 spiro atoms. The van der Waals surface area contributed by atoms with E-state index < -0.39 is 17.5 Å². The summed E-state index contributed by atoms with van der Waals surface area (Å²) in [5.41, 5.74) is 0.505. The maximum atomic E-state index is 12.5. The van der Waals surface area contributed by atoms with Gasteiger partial charge in [0.1, 0.15) is 5.60 Å². The fourth-order valence-electron chi connectivity index (χ4n) is 2.92. The third-order valence-corrected chi connectivity index (χ3v) is 4.61. The molecule has 2 atom stereocenters. The van der Waals surface area contributed by atoms with Gasteiger partial charge in [0.2, 0.25) is 0 Å². The van der Waals surface area contributed by atoms with Crippen LogP contribution in [0, 0.1) is 5.92 Å². The second-order valence-electron chi connectivity index (χ2n) is 7.22. The monoisotopic (exact) mass is 397 g/mol. The van der Waals surface area contributed by atoms with E-state index >= 15 is 0 Å². The lowest BCUT2D eigenvalue weighted by atomic mass is 9.88. The number of aliphatic carboxylic acids is 1. The van der Waals surface area contributed by atoms with Crippen LogP contribution in [-0.4, -0.2) is 40.3 Å². The first kappa shape index (κ1) is 18.8. The predicted molar refractivity (Wildman–Crippen MR) is 94.9 cm³/mol. The van der Waals surface area contributed by atoms with Crippen LogP contribution in [0.4, 0.5) is 4.79 Å². The second-order valence-corrected chi connectivity index (χ2v) is 8.13. The van der Waals surface area contributed by atoms with Gasteiger partial charge in [-0.25, -0.2) is 4.79 Å². The minimum atomic E-state index is -0.792. The molecule has 1 aromatic carbocycles. The molecule has 0 aliphatic carbocycles. The molecule has 0 aromatic heterocycles. The Bertz CT molecular complexity index is 594. The highest BCUT2D eigenvalue weighted by Gasteiger charge is 2.36. The summed E-state index contributed by atoms with van der Waals surface area (Å²) in [6.07, 6.45) is 1.17. The van der Waals surface area contributed by atoms with E-state index in [1.807, 2.05) is 45.0 Å². The third-order valence-electron chi connectivity index (χ3n) is 4.08. The molecule has 24 heavy (non-hydrogen) atoms. The van der Waals surface area contributed by atoms with Crippen LogP contribution >= 0.6 is 15.9 Å². The Morgan fingerprint density at radius 2 is 1.92 bits per heavy atom. The molecule has 132 valence electrons. The summed E-state index contributed by atoms with van der Waals surface area (Å²) in [5.74, 6) is -1.20. The summed E-state index contributed by atoms with van der Waals surface area (Å²) in [7, 11) is 0. The predicted octanol–water partition coefficient (Wildman–Crippen LogP) is 4.09. The lowest BCUT2D eigenvalue weighted by Gasteiger charge is -2.39. The largest absolute Gasteiger partial charge is 0.481 e. The van der Waals surface area contributed by atoms with Gasteiger partial charge in [-0.3, -0.25) is 4.79 Å². The summed E-state index contributed by atoms with van der Waals surface area (Å²) in [4.78, 5) is 25.5. The number of piperidine rings is 1. The van der Waals surface area contributed by atoms with Crippen molar-refractivity contribution < 1.29 is 19.4 Å². The molecule has 2 unspecified atom stereocenters. The Morgan fingerprint density at radius 3 is 2.46 bits per heavy atom. The number of carbonyl (C=O) groups is 2. The number of benzene rings is 1. The Balaban J connectivity index is 2.16. The van der Waals surface area contributed by atoms with Gasteiger partial charge in [0.25, 0.3) is 0 Å². The molecule has 0 bridgehead atoms. The van der Waals surface area contributed by atoms with E-state index in [0.717, 1.165) is 10.0 Å². The van der Waals surface area contributed by atoms with Crippen molar-refractivity contribution in [1.29, 1.82) is 0 Å². The highest BCUT2D eigenvalue weighted by Crippen LogP contribution is 2.28. The van der Waals surface area contributed by atoms with Crippen molar-refractivity contribution in [2.45, 2.75) is 51.7 Å². The van der Waals surface area contributed by atoms with E-state index in [1.54, 1.807) is 4.90 Å². The topological polar surface area (TPSA) is 66.8 Å². The summed E-state index contributed by atoms with van der Waals surface area (Å²) in [6.45, 7) is 5.91. The lowest BCUT2D eigenvalue weighted by Crippen LogP contribution is -2.50. The summed E-state index contributed by atoms with van der Waals surface area (Å²) in [6, 6.07) is 7.70. The van der Waals surface area contributed by atoms with Crippen LogP contribution in [0.3, 0.4) is 0 Å². The van der Waals surface area contributed by atoms with Crippen molar-refractivity contribution in [3.8, 4) is 0 Å². The van der Waals surface area contributed by atoms with Crippen molar-refractivity contribution >= 4 is 28.0 Å². The minimum Gasteiger partial charge on any atom is -0.481 e. The van der Waals surface area contributed by atoms with Crippen LogP contribution in [0.5, 0.6) is 0 Å². The number of carboxylic acid groups (broad SMARTS) is 1. The maximum absolute atomic E-state index is 12.5. The molecule has 1 aromatic rings. The van der Waals surface area contributed by atoms with Gasteiger partial charge < -0.3 is 14.7 Å². The van der Waals surface area contributed by atoms with Crippen molar-refractivity contribution in [3.05, 3.63) is 34.3 Å². The maximum Gasteiger partial charge on any atom is 0.410 e. The van der Waals surface area contributed by atoms with Gasteiger partial charge >= 0.3 is 12.1 Å². The Labute approximate surface area is 151 Å². The van der Waals surface area contributed by atoms with E-state index in [0.29, 0.717) is 25.8 Å². The van der Waals surface area contributed by atoms with Gasteiger partial charge in [-0.1, -0.05) is 28.1 Å². The first-order valence-corrected chi connectivity index (χ1v) is 8.92. The van der Waals surface area contributed by atoms with E-state index in [1.165, 1.54) is 0 Å². The zero-order valence-corrected chi connectivity index (χ0v) is 15.9. The number of hydrogen-bond donors (Lipinski definition) is 1. The highest BCUT2D eigenvalue weighted by atomic mass is 79.9. The standard InChI is InChI=1S/C18H24BrNO4/c1-18(2,3)24-17(23)20-9-8-13(16(21)22)11-15(20)10-12-4-6-14(19)7-5-12/h4-7,13,15H,8-11H2,1-3H3,(H,21,22). The van der Waals surface area contributed by atoms with Crippen molar-refractivity contribution in [2.75, 3.05) is 6.54 Å². The second kappa shape index (κ2) is 7.55. The zero-order chi connectivity index (χ0) is 17.9. The molecule has 1 heterocycles. The highest BCUT2D eigenvalue weighted by molar-refractivity contribution is 9.10. The van der Waals surface area contributed by atoms with Crippen LogP contribution in [0.2, 0.25) is 0 Å². The lowest BCUT2D eigenvalue weighted by molar-refractivity contribution is -0.144. The molecule has 1 aliphatic rings. The van der Waals surface area contributed by atoms with Gasteiger partial charge in [-0.2, -0.15) is 0 Å². The van der Waals surface area contributed by atoms with E-state index in [9.17, 15) is 14.7 Å². The van der Waals surface area contributed by atoms with Gasteiger partial charge in [0.15, 0.2) is 0 Å². The van der Waals surface area contributed by atoms with Crippen molar-refractivity contribution in [1.82, 2.24) is 4.90 Å². The number of likely N-dealkylation sites (tertiary alicyclic amines) is 1. The normalized spacial score (nSPS) is 21.4. The van der Waals surface area contributed by atoms with Crippen molar-refractivity contribution in [2.24, 2.45) is 5.92 Å². The number of halogens is 1. The fourth-order valence-corrected chi connectivity index (χ4v) is 3.19. The van der Waals surface area contributed by atoms with E-state index in [4.69, 9.17) is 4.74 Å². The van der Waals surface area contributed by atoms with Gasteiger partial charge in [0.05, 0.1) is 5.92 Å². The third kappa shape index (κ3) is 5.23. The molecule has 6 heteroatoms. The quantitative estimate of drug-likeness (QED) is 0.833. The van der Waals surface area contributed by atoms with Crippen LogP contribution in [-0.2, 0) is 16.0 Å². The van der Waals surface area contributed by atoms with Crippen LogP contribution in [0.15, 0.2) is 28.7 Å². The average molecular weight is 398 g/mol.